The van der Waals surface area contributed by atoms with Gasteiger partial charge in [0, 0.05) is 23.7 Å². The van der Waals surface area contributed by atoms with Crippen LogP contribution in [0.15, 0.2) is 41.1 Å². The van der Waals surface area contributed by atoms with E-state index in [1.165, 1.54) is 12.1 Å². The fourth-order valence-electron chi connectivity index (χ4n) is 2.61. The van der Waals surface area contributed by atoms with E-state index in [0.29, 0.717) is 29.6 Å². The van der Waals surface area contributed by atoms with Crippen molar-refractivity contribution in [1.82, 2.24) is 30.1 Å². The number of aromatic nitrogens is 5. The minimum absolute atomic E-state index is 0.111. The van der Waals surface area contributed by atoms with Gasteiger partial charge in [0.25, 0.3) is 11.8 Å². The molecule has 1 amide bonds. The monoisotopic (exact) mass is 400 g/mol. The largest absolute Gasteiger partial charge is 0.345 e. The molecule has 4 rings (SSSR count). The number of hydrogen-bond donors (Lipinski definition) is 1. The standard InChI is InChI=1S/C18H14ClFN6O2/c1-2-14-22-18(28-25-14)11-5-6-26-15(8-11)23-24-16(26)9-21-17(27)10-3-4-13(20)12(19)7-10/h3-8H,2,9H2,1H3,(H,21,27). The van der Waals surface area contributed by atoms with E-state index in [1.54, 1.807) is 22.7 Å². The van der Waals surface area contributed by atoms with Crippen LogP contribution in [0.4, 0.5) is 4.39 Å². The SMILES string of the molecule is CCc1noc(-c2ccn3c(CNC(=O)c4ccc(F)c(Cl)c4)nnc3c2)n1. The molecule has 0 unspecified atom stereocenters. The molecule has 0 radical (unpaired) electrons. The third-order valence-electron chi connectivity index (χ3n) is 4.10. The van der Waals surface area contributed by atoms with Crippen LogP contribution in [0.3, 0.4) is 0 Å². The second-order valence-corrected chi connectivity index (χ2v) is 6.35. The van der Waals surface area contributed by atoms with Crippen molar-refractivity contribution in [3.8, 4) is 11.5 Å². The molecule has 3 aromatic heterocycles. The van der Waals surface area contributed by atoms with Gasteiger partial charge < -0.3 is 9.84 Å². The number of carbonyl (C=O) groups is 1. The van der Waals surface area contributed by atoms with Crippen molar-refractivity contribution in [2.24, 2.45) is 0 Å². The molecule has 0 aliphatic rings. The van der Waals surface area contributed by atoms with E-state index in [9.17, 15) is 9.18 Å². The predicted octanol–water partition coefficient (Wildman–Crippen LogP) is 3.06. The first-order valence-corrected chi connectivity index (χ1v) is 8.83. The second kappa shape index (κ2) is 7.35. The van der Waals surface area contributed by atoms with E-state index >= 15 is 0 Å². The fraction of sp³-hybridized carbons (Fsp3) is 0.167. The van der Waals surface area contributed by atoms with Crippen molar-refractivity contribution in [2.75, 3.05) is 0 Å². The zero-order chi connectivity index (χ0) is 19.7. The number of nitrogens with zero attached hydrogens (tertiary/aromatic N) is 5. The Morgan fingerprint density at radius 1 is 1.29 bits per heavy atom. The lowest BCUT2D eigenvalue weighted by Crippen LogP contribution is -2.24. The minimum atomic E-state index is -0.579. The van der Waals surface area contributed by atoms with Crippen molar-refractivity contribution < 1.29 is 13.7 Å². The van der Waals surface area contributed by atoms with Crippen LogP contribution in [-0.2, 0) is 13.0 Å². The maximum absolute atomic E-state index is 13.2. The third-order valence-corrected chi connectivity index (χ3v) is 4.39. The van der Waals surface area contributed by atoms with Crippen LogP contribution in [0.5, 0.6) is 0 Å². The van der Waals surface area contributed by atoms with Gasteiger partial charge in [-0.2, -0.15) is 4.98 Å². The maximum Gasteiger partial charge on any atom is 0.258 e. The lowest BCUT2D eigenvalue weighted by Gasteiger charge is -2.05. The molecule has 8 nitrogen and oxygen atoms in total. The fourth-order valence-corrected chi connectivity index (χ4v) is 2.79. The van der Waals surface area contributed by atoms with Crippen LogP contribution >= 0.6 is 11.6 Å². The topological polar surface area (TPSA) is 98.2 Å². The molecule has 0 saturated carbocycles. The molecule has 0 aliphatic heterocycles. The molecule has 0 bridgehead atoms. The molecule has 142 valence electrons. The predicted molar refractivity (Wildman–Crippen MR) is 98.2 cm³/mol. The smallest absolute Gasteiger partial charge is 0.258 e. The summed E-state index contributed by atoms with van der Waals surface area (Å²) < 4.78 is 20.2. The molecule has 0 fully saturated rings. The van der Waals surface area contributed by atoms with Crippen LogP contribution in [0.25, 0.3) is 17.1 Å². The number of hydrogen-bond acceptors (Lipinski definition) is 6. The van der Waals surface area contributed by atoms with E-state index in [1.807, 2.05) is 6.92 Å². The number of fused-ring (bicyclic) bond motifs is 1. The number of pyridine rings is 1. The Labute approximate surface area is 163 Å². The van der Waals surface area contributed by atoms with E-state index in [2.05, 4.69) is 25.7 Å². The van der Waals surface area contributed by atoms with Crippen LogP contribution in [-0.4, -0.2) is 30.6 Å². The molecule has 0 atom stereocenters. The summed E-state index contributed by atoms with van der Waals surface area (Å²) in [5, 5.41) is 14.7. The van der Waals surface area contributed by atoms with Crippen LogP contribution in [0.2, 0.25) is 5.02 Å². The number of halogens is 2. The zero-order valence-electron chi connectivity index (χ0n) is 14.7. The van der Waals surface area contributed by atoms with Gasteiger partial charge in [-0.15, -0.1) is 10.2 Å². The highest BCUT2D eigenvalue weighted by atomic mass is 35.5. The Kier molecular flexibility index (Phi) is 4.74. The normalized spacial score (nSPS) is 11.1. The summed E-state index contributed by atoms with van der Waals surface area (Å²) in [6.07, 6.45) is 2.44. The van der Waals surface area contributed by atoms with Gasteiger partial charge in [-0.25, -0.2) is 4.39 Å². The third kappa shape index (κ3) is 3.44. The number of nitrogens with one attached hydrogen (secondary N) is 1. The quantitative estimate of drug-likeness (QED) is 0.552. The molecular formula is C18H14ClFN6O2. The summed E-state index contributed by atoms with van der Waals surface area (Å²) in [5.74, 6) is 0.590. The van der Waals surface area contributed by atoms with Crippen molar-refractivity contribution in [3.05, 3.63) is 64.6 Å². The van der Waals surface area contributed by atoms with Gasteiger partial charge in [0.2, 0.25) is 0 Å². The minimum Gasteiger partial charge on any atom is -0.345 e. The second-order valence-electron chi connectivity index (χ2n) is 5.94. The van der Waals surface area contributed by atoms with E-state index in [4.69, 9.17) is 16.1 Å². The highest BCUT2D eigenvalue weighted by Gasteiger charge is 2.13. The maximum atomic E-state index is 13.2. The number of rotatable bonds is 5. The van der Waals surface area contributed by atoms with Gasteiger partial charge in [0.1, 0.15) is 5.82 Å². The van der Waals surface area contributed by atoms with Crippen molar-refractivity contribution in [2.45, 2.75) is 19.9 Å². The lowest BCUT2D eigenvalue weighted by atomic mass is 10.2. The first-order chi connectivity index (χ1) is 13.5. The Balaban J connectivity index is 1.51. The van der Waals surface area contributed by atoms with Gasteiger partial charge in [-0.1, -0.05) is 23.7 Å². The highest BCUT2D eigenvalue weighted by molar-refractivity contribution is 6.31. The molecule has 4 aromatic rings. The highest BCUT2D eigenvalue weighted by Crippen LogP contribution is 2.19. The summed E-state index contributed by atoms with van der Waals surface area (Å²) in [5.41, 5.74) is 1.55. The van der Waals surface area contributed by atoms with Crippen LogP contribution < -0.4 is 5.32 Å². The van der Waals surface area contributed by atoms with E-state index in [0.717, 1.165) is 11.6 Å². The Bertz CT molecular complexity index is 1170. The lowest BCUT2D eigenvalue weighted by molar-refractivity contribution is 0.0949. The molecule has 10 heteroatoms. The Morgan fingerprint density at radius 3 is 2.89 bits per heavy atom. The Morgan fingerprint density at radius 2 is 2.14 bits per heavy atom. The zero-order valence-corrected chi connectivity index (χ0v) is 15.4. The number of amides is 1. The molecule has 0 aliphatic carbocycles. The van der Waals surface area contributed by atoms with Gasteiger partial charge in [0.05, 0.1) is 11.6 Å². The number of carbonyl (C=O) groups excluding carboxylic acids is 1. The van der Waals surface area contributed by atoms with E-state index < -0.39 is 11.7 Å². The number of benzene rings is 1. The molecular weight excluding hydrogens is 387 g/mol. The first kappa shape index (κ1) is 18.1. The van der Waals surface area contributed by atoms with Crippen molar-refractivity contribution >= 4 is 23.2 Å². The van der Waals surface area contributed by atoms with Crippen molar-refractivity contribution in [1.29, 1.82) is 0 Å². The van der Waals surface area contributed by atoms with Crippen LogP contribution in [0, 0.1) is 5.82 Å². The van der Waals surface area contributed by atoms with Gasteiger partial charge in [-0.05, 0) is 30.3 Å². The molecule has 0 saturated heterocycles. The summed E-state index contributed by atoms with van der Waals surface area (Å²) in [6, 6.07) is 7.35. The number of aryl methyl sites for hydroxylation is 1. The Hall–Kier alpha value is -3.33. The summed E-state index contributed by atoms with van der Waals surface area (Å²) in [7, 11) is 0. The summed E-state index contributed by atoms with van der Waals surface area (Å²) in [6.45, 7) is 2.08. The first-order valence-electron chi connectivity index (χ1n) is 8.45. The average molecular weight is 401 g/mol. The molecule has 1 N–H and O–H groups in total. The van der Waals surface area contributed by atoms with Gasteiger partial charge >= 0.3 is 0 Å². The van der Waals surface area contributed by atoms with Crippen LogP contribution in [0.1, 0.15) is 28.9 Å². The van der Waals surface area contributed by atoms with E-state index in [-0.39, 0.29) is 17.1 Å². The molecule has 0 spiro atoms. The molecule has 3 heterocycles. The molecule has 1 aromatic carbocycles. The van der Waals surface area contributed by atoms with Gasteiger partial charge in [-0.3, -0.25) is 9.20 Å². The summed E-state index contributed by atoms with van der Waals surface area (Å²) in [4.78, 5) is 16.5. The van der Waals surface area contributed by atoms with Crippen molar-refractivity contribution in [3.63, 3.8) is 0 Å². The average Bonchev–Trinajstić information content (AvgIpc) is 3.34. The van der Waals surface area contributed by atoms with Gasteiger partial charge in [0.15, 0.2) is 17.3 Å². The summed E-state index contributed by atoms with van der Waals surface area (Å²) >= 11 is 5.71. The molecule has 28 heavy (non-hydrogen) atoms.